The topological polar surface area (TPSA) is 18.5 Å². The lowest BCUT2D eigenvalue weighted by Gasteiger charge is -2.17. The van der Waals surface area contributed by atoms with E-state index in [0.717, 1.165) is 34.1 Å². The van der Waals surface area contributed by atoms with Crippen LogP contribution in [0.4, 0.5) is 0 Å². The van der Waals surface area contributed by atoms with Crippen molar-refractivity contribution >= 4 is 0 Å². The van der Waals surface area contributed by atoms with E-state index in [-0.39, 0.29) is 0 Å². The molecule has 0 aliphatic carbocycles. The summed E-state index contributed by atoms with van der Waals surface area (Å²) in [6.07, 6.45) is 0. The third kappa shape index (κ3) is 3.37. The van der Waals surface area contributed by atoms with E-state index in [4.69, 9.17) is 9.47 Å². The summed E-state index contributed by atoms with van der Waals surface area (Å²) in [4.78, 5) is 0. The molecule has 23 heavy (non-hydrogen) atoms. The molecule has 3 aromatic rings. The highest BCUT2D eigenvalue weighted by atomic mass is 16.5. The molecule has 0 atom stereocenters. The first-order chi connectivity index (χ1) is 11.1. The van der Waals surface area contributed by atoms with Gasteiger partial charge in [0.05, 0.1) is 0 Å². The molecule has 0 N–H and O–H groups in total. The third-order valence-corrected chi connectivity index (χ3v) is 3.92. The minimum Gasteiger partial charge on any atom is -0.453 e. The lowest BCUT2D eigenvalue weighted by Crippen LogP contribution is -1.96. The van der Waals surface area contributed by atoms with Gasteiger partial charge in [-0.15, -0.1) is 0 Å². The number of hydrogen-bond acceptors (Lipinski definition) is 2. The maximum Gasteiger partial charge on any atom is 0.173 e. The van der Waals surface area contributed by atoms with E-state index in [1.165, 1.54) is 5.56 Å². The number of benzene rings is 3. The molecule has 0 saturated carbocycles. The quantitative estimate of drug-likeness (QED) is 0.571. The van der Waals surface area contributed by atoms with Gasteiger partial charge in [0.25, 0.3) is 0 Å². The summed E-state index contributed by atoms with van der Waals surface area (Å²) >= 11 is 0. The standard InChI is InChI=1S/C21H20O2/c1-15-13-14-20(22-18-10-5-4-6-11-18)21(17(15)3)23-19-12-8-7-9-16(19)2/h4-14H,1-3H3. The smallest absolute Gasteiger partial charge is 0.173 e. The molecule has 0 unspecified atom stereocenters. The lowest BCUT2D eigenvalue weighted by atomic mass is 10.1. The Morgan fingerprint density at radius 1 is 0.565 bits per heavy atom. The first-order valence-corrected chi connectivity index (χ1v) is 7.72. The maximum atomic E-state index is 6.20. The highest BCUT2D eigenvalue weighted by molar-refractivity contribution is 5.53. The Morgan fingerprint density at radius 2 is 1.26 bits per heavy atom. The molecule has 0 heterocycles. The van der Waals surface area contributed by atoms with Gasteiger partial charge in [0, 0.05) is 0 Å². The number of hydrogen-bond donors (Lipinski definition) is 0. The number of aryl methyl sites for hydroxylation is 2. The maximum absolute atomic E-state index is 6.20. The molecule has 0 aliphatic rings. The predicted molar refractivity (Wildman–Crippen MR) is 93.7 cm³/mol. The van der Waals surface area contributed by atoms with Crippen LogP contribution in [0, 0.1) is 20.8 Å². The summed E-state index contributed by atoms with van der Waals surface area (Å²) in [7, 11) is 0. The Labute approximate surface area is 137 Å². The van der Waals surface area contributed by atoms with Gasteiger partial charge in [-0.05, 0) is 61.7 Å². The Kier molecular flexibility index (Phi) is 4.33. The van der Waals surface area contributed by atoms with Gasteiger partial charge < -0.3 is 9.47 Å². The molecular weight excluding hydrogens is 284 g/mol. The van der Waals surface area contributed by atoms with Crippen LogP contribution in [0.5, 0.6) is 23.0 Å². The summed E-state index contributed by atoms with van der Waals surface area (Å²) < 4.78 is 12.2. The van der Waals surface area contributed by atoms with Crippen molar-refractivity contribution in [3.8, 4) is 23.0 Å². The molecule has 0 bridgehead atoms. The van der Waals surface area contributed by atoms with Crippen LogP contribution < -0.4 is 9.47 Å². The van der Waals surface area contributed by atoms with Crippen molar-refractivity contribution in [2.45, 2.75) is 20.8 Å². The normalized spacial score (nSPS) is 10.4. The zero-order valence-electron chi connectivity index (χ0n) is 13.7. The summed E-state index contributed by atoms with van der Waals surface area (Å²) in [5.74, 6) is 3.13. The Bertz CT molecular complexity index is 807. The average molecular weight is 304 g/mol. The zero-order chi connectivity index (χ0) is 16.2. The Balaban J connectivity index is 2.00. The molecule has 0 aromatic heterocycles. The highest BCUT2D eigenvalue weighted by Gasteiger charge is 2.13. The fraction of sp³-hybridized carbons (Fsp3) is 0.143. The van der Waals surface area contributed by atoms with Crippen LogP contribution in [-0.4, -0.2) is 0 Å². The Hall–Kier alpha value is -2.74. The molecule has 3 rings (SSSR count). The van der Waals surface area contributed by atoms with Crippen LogP contribution in [0.25, 0.3) is 0 Å². The second-order valence-corrected chi connectivity index (χ2v) is 5.62. The average Bonchev–Trinajstić information content (AvgIpc) is 2.57. The molecule has 3 aromatic carbocycles. The van der Waals surface area contributed by atoms with Crippen LogP contribution in [0.2, 0.25) is 0 Å². The molecule has 0 spiro atoms. The molecule has 0 aliphatic heterocycles. The highest BCUT2D eigenvalue weighted by Crippen LogP contribution is 2.39. The van der Waals surface area contributed by atoms with E-state index in [9.17, 15) is 0 Å². The predicted octanol–water partition coefficient (Wildman–Crippen LogP) is 6.20. The Morgan fingerprint density at radius 3 is 2.00 bits per heavy atom. The number of para-hydroxylation sites is 2. The van der Waals surface area contributed by atoms with E-state index in [1.807, 2.05) is 67.6 Å². The van der Waals surface area contributed by atoms with Crippen molar-refractivity contribution in [3.63, 3.8) is 0 Å². The van der Waals surface area contributed by atoms with E-state index in [0.29, 0.717) is 0 Å². The molecule has 116 valence electrons. The molecule has 0 fully saturated rings. The van der Waals surface area contributed by atoms with Gasteiger partial charge in [-0.3, -0.25) is 0 Å². The minimum atomic E-state index is 0.725. The summed E-state index contributed by atoms with van der Waals surface area (Å²) in [6.45, 7) is 6.17. The monoisotopic (exact) mass is 304 g/mol. The van der Waals surface area contributed by atoms with Gasteiger partial charge in [0.1, 0.15) is 11.5 Å². The molecule has 0 saturated heterocycles. The van der Waals surface area contributed by atoms with Crippen LogP contribution in [-0.2, 0) is 0 Å². The van der Waals surface area contributed by atoms with Crippen LogP contribution in [0.1, 0.15) is 16.7 Å². The van der Waals surface area contributed by atoms with Crippen LogP contribution in [0.3, 0.4) is 0 Å². The molecule has 0 amide bonds. The van der Waals surface area contributed by atoms with Crippen molar-refractivity contribution in [1.29, 1.82) is 0 Å². The first-order valence-electron chi connectivity index (χ1n) is 7.72. The third-order valence-electron chi connectivity index (χ3n) is 3.92. The van der Waals surface area contributed by atoms with Crippen molar-refractivity contribution in [2.24, 2.45) is 0 Å². The molecule has 2 heteroatoms. The molecule has 2 nitrogen and oxygen atoms in total. The van der Waals surface area contributed by atoms with Crippen molar-refractivity contribution in [3.05, 3.63) is 83.4 Å². The second-order valence-electron chi connectivity index (χ2n) is 5.62. The summed E-state index contributed by atoms with van der Waals surface area (Å²) in [5.41, 5.74) is 3.36. The van der Waals surface area contributed by atoms with E-state index < -0.39 is 0 Å². The molecular formula is C21H20O2. The molecule has 0 radical (unpaired) electrons. The lowest BCUT2D eigenvalue weighted by molar-refractivity contribution is 0.414. The van der Waals surface area contributed by atoms with Crippen LogP contribution >= 0.6 is 0 Å². The van der Waals surface area contributed by atoms with Crippen LogP contribution in [0.15, 0.2) is 66.7 Å². The summed E-state index contributed by atoms with van der Waals surface area (Å²) in [6, 6.07) is 21.8. The fourth-order valence-electron chi connectivity index (χ4n) is 2.37. The first kappa shape index (κ1) is 15.2. The van der Waals surface area contributed by atoms with Gasteiger partial charge >= 0.3 is 0 Å². The SMILES string of the molecule is Cc1ccccc1Oc1c(Oc2ccccc2)ccc(C)c1C. The minimum absolute atomic E-state index is 0.725. The van der Waals surface area contributed by atoms with E-state index in [2.05, 4.69) is 19.9 Å². The van der Waals surface area contributed by atoms with Gasteiger partial charge in [0.15, 0.2) is 11.5 Å². The van der Waals surface area contributed by atoms with Gasteiger partial charge in [-0.25, -0.2) is 0 Å². The van der Waals surface area contributed by atoms with Crippen molar-refractivity contribution in [2.75, 3.05) is 0 Å². The van der Waals surface area contributed by atoms with Gasteiger partial charge in [-0.1, -0.05) is 42.5 Å². The van der Waals surface area contributed by atoms with Crippen molar-refractivity contribution < 1.29 is 9.47 Å². The number of rotatable bonds is 4. The zero-order valence-corrected chi connectivity index (χ0v) is 13.7. The van der Waals surface area contributed by atoms with Gasteiger partial charge in [0.2, 0.25) is 0 Å². The fourth-order valence-corrected chi connectivity index (χ4v) is 2.37. The van der Waals surface area contributed by atoms with Crippen molar-refractivity contribution in [1.82, 2.24) is 0 Å². The number of ether oxygens (including phenoxy) is 2. The largest absolute Gasteiger partial charge is 0.453 e. The second kappa shape index (κ2) is 6.57. The van der Waals surface area contributed by atoms with E-state index >= 15 is 0 Å². The van der Waals surface area contributed by atoms with E-state index in [1.54, 1.807) is 0 Å². The van der Waals surface area contributed by atoms with Gasteiger partial charge in [-0.2, -0.15) is 0 Å². The summed E-state index contributed by atoms with van der Waals surface area (Å²) in [5, 5.41) is 0.